The van der Waals surface area contributed by atoms with Crippen molar-refractivity contribution >= 4 is 28.2 Å². The van der Waals surface area contributed by atoms with Crippen molar-refractivity contribution in [2.24, 2.45) is 0 Å². The largest absolute Gasteiger partial charge is 0.378 e. The van der Waals surface area contributed by atoms with Crippen LogP contribution in [0.25, 0.3) is 22.0 Å². The van der Waals surface area contributed by atoms with Gasteiger partial charge < -0.3 is 15.0 Å². The van der Waals surface area contributed by atoms with E-state index < -0.39 is 0 Å². The van der Waals surface area contributed by atoms with Gasteiger partial charge in [-0.2, -0.15) is 5.10 Å². The second-order valence-corrected chi connectivity index (χ2v) is 9.34. The molecule has 0 aliphatic carbocycles. The number of nitrogens with one attached hydrogen (secondary N) is 2. The number of carbonyl (C=O) groups excluding carboxylic acids is 1. The molecule has 0 spiro atoms. The number of pyridine rings is 2. The zero-order chi connectivity index (χ0) is 24.3. The molecule has 1 amide bonds. The molecule has 2 saturated heterocycles. The van der Waals surface area contributed by atoms with Gasteiger partial charge in [0.25, 0.3) is 5.91 Å². The second kappa shape index (κ2) is 10.0. The zero-order valence-electron chi connectivity index (χ0n) is 20.1. The molecule has 9 heteroatoms. The predicted molar refractivity (Wildman–Crippen MR) is 139 cm³/mol. The Kier molecular flexibility index (Phi) is 6.31. The number of amides is 1. The van der Waals surface area contributed by atoms with E-state index in [-0.39, 0.29) is 5.91 Å². The summed E-state index contributed by atoms with van der Waals surface area (Å²) in [5.41, 5.74) is 5.90. The first-order chi connectivity index (χ1) is 17.7. The van der Waals surface area contributed by atoms with E-state index in [9.17, 15) is 4.79 Å². The second-order valence-electron chi connectivity index (χ2n) is 9.34. The summed E-state index contributed by atoms with van der Waals surface area (Å²) in [6.07, 6.45) is 7.95. The minimum atomic E-state index is -0.253. The molecule has 3 aromatic heterocycles. The summed E-state index contributed by atoms with van der Waals surface area (Å²) in [5, 5.41) is 11.1. The average Bonchev–Trinajstić information content (AvgIpc) is 3.59. The number of rotatable bonds is 6. The molecule has 5 heterocycles. The lowest BCUT2D eigenvalue weighted by molar-refractivity contribution is 0.102. The lowest BCUT2D eigenvalue weighted by Crippen LogP contribution is -2.36. The van der Waals surface area contributed by atoms with Crippen molar-refractivity contribution in [1.82, 2.24) is 25.1 Å². The summed E-state index contributed by atoms with van der Waals surface area (Å²) >= 11 is 0. The summed E-state index contributed by atoms with van der Waals surface area (Å²) in [7, 11) is 0. The van der Waals surface area contributed by atoms with Gasteiger partial charge in [-0.15, -0.1) is 0 Å². The third-order valence-electron chi connectivity index (χ3n) is 6.87. The Balaban J connectivity index is 1.23. The normalized spacial score (nSPS) is 16.5. The van der Waals surface area contributed by atoms with Gasteiger partial charge in [0.1, 0.15) is 0 Å². The molecule has 0 atom stereocenters. The van der Waals surface area contributed by atoms with Gasteiger partial charge in [-0.3, -0.25) is 24.8 Å². The van der Waals surface area contributed by atoms with E-state index in [0.29, 0.717) is 5.69 Å². The standard InChI is InChI=1S/C27H29N7O2/c35-27(30-21-5-6-29-22(15-21)18-33-7-1-2-8-33)26-24-14-19(3-4-25(24)31-32-26)20-13-23(17-28-16-20)34-9-11-36-12-10-34/h3-6,13-17H,1-2,7-12,18H2,(H,31,32)(H,29,30,35). The summed E-state index contributed by atoms with van der Waals surface area (Å²) in [6.45, 7) is 6.16. The monoisotopic (exact) mass is 483 g/mol. The summed E-state index contributed by atoms with van der Waals surface area (Å²) in [5.74, 6) is -0.253. The summed E-state index contributed by atoms with van der Waals surface area (Å²) in [6, 6.07) is 11.9. The van der Waals surface area contributed by atoms with Crippen molar-refractivity contribution in [3.8, 4) is 11.1 Å². The molecule has 6 rings (SSSR count). The number of aromatic nitrogens is 4. The number of benzene rings is 1. The van der Waals surface area contributed by atoms with Crippen LogP contribution in [0.3, 0.4) is 0 Å². The molecule has 184 valence electrons. The summed E-state index contributed by atoms with van der Waals surface area (Å²) < 4.78 is 5.47. The first-order valence-electron chi connectivity index (χ1n) is 12.5. The fourth-order valence-corrected chi connectivity index (χ4v) is 4.95. The number of likely N-dealkylation sites (tertiary alicyclic amines) is 1. The highest BCUT2D eigenvalue weighted by atomic mass is 16.5. The van der Waals surface area contributed by atoms with Crippen molar-refractivity contribution in [2.75, 3.05) is 49.6 Å². The maximum Gasteiger partial charge on any atom is 0.276 e. The summed E-state index contributed by atoms with van der Waals surface area (Å²) in [4.78, 5) is 26.8. The number of morpholine rings is 1. The van der Waals surface area contributed by atoms with Gasteiger partial charge in [-0.05, 0) is 61.8 Å². The molecule has 0 saturated carbocycles. The molecule has 36 heavy (non-hydrogen) atoms. The van der Waals surface area contributed by atoms with E-state index >= 15 is 0 Å². The number of hydrogen-bond acceptors (Lipinski definition) is 7. The number of fused-ring (bicyclic) bond motifs is 1. The third kappa shape index (κ3) is 4.80. The van der Waals surface area contributed by atoms with Gasteiger partial charge in [0, 0.05) is 48.7 Å². The van der Waals surface area contributed by atoms with Gasteiger partial charge in [0.2, 0.25) is 0 Å². The van der Waals surface area contributed by atoms with Crippen LogP contribution in [0.4, 0.5) is 11.4 Å². The van der Waals surface area contributed by atoms with Crippen molar-refractivity contribution in [1.29, 1.82) is 0 Å². The van der Waals surface area contributed by atoms with E-state index in [4.69, 9.17) is 4.74 Å². The first-order valence-corrected chi connectivity index (χ1v) is 12.5. The van der Waals surface area contributed by atoms with E-state index in [1.807, 2.05) is 42.7 Å². The van der Waals surface area contributed by atoms with E-state index in [0.717, 1.165) is 85.0 Å². The van der Waals surface area contributed by atoms with Crippen LogP contribution >= 0.6 is 0 Å². The van der Waals surface area contributed by atoms with Crippen LogP contribution in [0.5, 0.6) is 0 Å². The maximum atomic E-state index is 13.2. The van der Waals surface area contributed by atoms with Crippen LogP contribution in [0, 0.1) is 0 Å². The quantitative estimate of drug-likeness (QED) is 0.431. The number of aromatic amines is 1. The molecule has 1 aromatic carbocycles. The molecule has 0 radical (unpaired) electrons. The van der Waals surface area contributed by atoms with Gasteiger partial charge >= 0.3 is 0 Å². The minimum absolute atomic E-state index is 0.253. The SMILES string of the molecule is O=C(Nc1ccnc(CN2CCCC2)c1)c1n[nH]c2ccc(-c3cncc(N4CCOCC4)c3)cc12. The Hall–Kier alpha value is -3.82. The molecule has 2 aliphatic rings. The number of hydrogen-bond donors (Lipinski definition) is 2. The average molecular weight is 484 g/mol. The smallest absolute Gasteiger partial charge is 0.276 e. The number of H-pyrrole nitrogens is 1. The van der Waals surface area contributed by atoms with Crippen LogP contribution in [0.15, 0.2) is 55.0 Å². The molecule has 2 fully saturated rings. The molecule has 2 N–H and O–H groups in total. The van der Waals surface area contributed by atoms with Gasteiger partial charge in [-0.25, -0.2) is 0 Å². The zero-order valence-corrected chi connectivity index (χ0v) is 20.1. The van der Waals surface area contributed by atoms with Crippen LogP contribution in [-0.4, -0.2) is 70.4 Å². The van der Waals surface area contributed by atoms with Crippen molar-refractivity contribution in [3.05, 3.63) is 66.4 Å². The highest BCUT2D eigenvalue weighted by molar-refractivity contribution is 6.11. The molecule has 9 nitrogen and oxygen atoms in total. The van der Waals surface area contributed by atoms with Crippen LogP contribution in [0.1, 0.15) is 29.0 Å². The number of nitrogens with zero attached hydrogens (tertiary/aromatic N) is 5. The lowest BCUT2D eigenvalue weighted by atomic mass is 10.0. The first kappa shape index (κ1) is 22.6. The fourth-order valence-electron chi connectivity index (χ4n) is 4.95. The Morgan fingerprint density at radius 3 is 2.72 bits per heavy atom. The number of carbonyl (C=O) groups is 1. The van der Waals surface area contributed by atoms with Crippen molar-refractivity contribution in [3.63, 3.8) is 0 Å². The Labute approximate surface area is 209 Å². The van der Waals surface area contributed by atoms with Crippen LogP contribution < -0.4 is 10.2 Å². The van der Waals surface area contributed by atoms with Gasteiger partial charge in [0.05, 0.1) is 36.3 Å². The molecule has 0 bridgehead atoms. The Bertz CT molecular complexity index is 1370. The third-order valence-corrected chi connectivity index (χ3v) is 6.87. The Morgan fingerprint density at radius 2 is 1.86 bits per heavy atom. The van der Waals surface area contributed by atoms with Crippen LogP contribution in [0.2, 0.25) is 0 Å². The predicted octanol–water partition coefficient (Wildman–Crippen LogP) is 3.70. The van der Waals surface area contributed by atoms with Gasteiger partial charge in [0.15, 0.2) is 5.69 Å². The molecule has 4 aromatic rings. The molecule has 0 unspecified atom stereocenters. The number of ether oxygens (including phenoxy) is 1. The molecular formula is C27H29N7O2. The topological polar surface area (TPSA) is 99.3 Å². The highest BCUT2D eigenvalue weighted by Crippen LogP contribution is 2.28. The van der Waals surface area contributed by atoms with E-state index in [1.165, 1.54) is 12.8 Å². The minimum Gasteiger partial charge on any atom is -0.378 e. The number of anilines is 2. The van der Waals surface area contributed by atoms with E-state index in [2.05, 4.69) is 41.3 Å². The highest BCUT2D eigenvalue weighted by Gasteiger charge is 2.18. The molecular weight excluding hydrogens is 454 g/mol. The maximum absolute atomic E-state index is 13.2. The van der Waals surface area contributed by atoms with Gasteiger partial charge in [-0.1, -0.05) is 6.07 Å². The van der Waals surface area contributed by atoms with Crippen molar-refractivity contribution < 1.29 is 9.53 Å². The lowest BCUT2D eigenvalue weighted by Gasteiger charge is -2.28. The Morgan fingerprint density at radius 1 is 1.00 bits per heavy atom. The molecule has 2 aliphatic heterocycles. The van der Waals surface area contributed by atoms with Crippen LogP contribution in [-0.2, 0) is 11.3 Å². The fraction of sp³-hybridized carbons (Fsp3) is 0.333. The van der Waals surface area contributed by atoms with E-state index in [1.54, 1.807) is 6.20 Å². The van der Waals surface area contributed by atoms with Crippen molar-refractivity contribution in [2.45, 2.75) is 19.4 Å².